The van der Waals surface area contributed by atoms with Crippen molar-refractivity contribution in [2.75, 3.05) is 7.05 Å². The van der Waals surface area contributed by atoms with E-state index in [1.54, 1.807) is 14.0 Å². The third kappa shape index (κ3) is 3.44. The number of urea groups is 1. The number of nitrogens with one attached hydrogen (secondary N) is 1. The van der Waals surface area contributed by atoms with Crippen molar-refractivity contribution in [2.24, 2.45) is 7.05 Å². The SMILES string of the molecule is CCC(C(=O)O)N(C)C(=O)NCc1ncn(C)n1. The number of amides is 2. The molecule has 2 N–H and O–H groups in total. The number of carboxylic acids is 1. The van der Waals surface area contributed by atoms with Gasteiger partial charge in [-0.1, -0.05) is 6.92 Å². The lowest BCUT2D eigenvalue weighted by Crippen LogP contribution is -2.46. The lowest BCUT2D eigenvalue weighted by Gasteiger charge is -2.23. The van der Waals surface area contributed by atoms with Crippen molar-refractivity contribution < 1.29 is 14.7 Å². The molecule has 0 aliphatic carbocycles. The van der Waals surface area contributed by atoms with Crippen LogP contribution < -0.4 is 5.32 Å². The van der Waals surface area contributed by atoms with E-state index in [0.29, 0.717) is 12.2 Å². The van der Waals surface area contributed by atoms with E-state index in [1.807, 2.05) is 0 Å². The molecule has 0 fully saturated rings. The van der Waals surface area contributed by atoms with Gasteiger partial charge >= 0.3 is 12.0 Å². The number of nitrogens with zero attached hydrogens (tertiary/aromatic N) is 4. The lowest BCUT2D eigenvalue weighted by molar-refractivity contribution is -0.141. The van der Waals surface area contributed by atoms with Crippen LogP contribution in [0.4, 0.5) is 4.79 Å². The van der Waals surface area contributed by atoms with Crippen molar-refractivity contribution in [3.05, 3.63) is 12.2 Å². The molecule has 2 amide bonds. The fourth-order valence-corrected chi connectivity index (χ4v) is 1.50. The van der Waals surface area contributed by atoms with E-state index in [2.05, 4.69) is 15.4 Å². The number of rotatable bonds is 5. The summed E-state index contributed by atoms with van der Waals surface area (Å²) in [6.45, 7) is 1.88. The zero-order chi connectivity index (χ0) is 13.7. The normalized spacial score (nSPS) is 11.9. The lowest BCUT2D eigenvalue weighted by atomic mass is 10.2. The van der Waals surface area contributed by atoms with Crippen molar-refractivity contribution in [3.8, 4) is 0 Å². The van der Waals surface area contributed by atoms with Gasteiger partial charge in [0.2, 0.25) is 0 Å². The molecule has 0 saturated heterocycles. The molecule has 18 heavy (non-hydrogen) atoms. The Morgan fingerprint density at radius 2 is 2.28 bits per heavy atom. The van der Waals surface area contributed by atoms with Crippen LogP contribution in [0.15, 0.2) is 6.33 Å². The zero-order valence-electron chi connectivity index (χ0n) is 10.6. The van der Waals surface area contributed by atoms with E-state index < -0.39 is 18.0 Å². The van der Waals surface area contributed by atoms with Crippen molar-refractivity contribution in [3.63, 3.8) is 0 Å². The summed E-state index contributed by atoms with van der Waals surface area (Å²) in [7, 11) is 3.17. The Bertz CT molecular complexity index is 431. The van der Waals surface area contributed by atoms with Gasteiger partial charge in [0.25, 0.3) is 0 Å². The van der Waals surface area contributed by atoms with E-state index in [0.717, 1.165) is 4.90 Å². The molecule has 1 rings (SSSR count). The van der Waals surface area contributed by atoms with Gasteiger partial charge in [-0.05, 0) is 6.42 Å². The highest BCUT2D eigenvalue weighted by molar-refractivity contribution is 5.82. The Balaban J connectivity index is 2.52. The highest BCUT2D eigenvalue weighted by Crippen LogP contribution is 2.02. The van der Waals surface area contributed by atoms with E-state index in [-0.39, 0.29) is 6.54 Å². The fourth-order valence-electron chi connectivity index (χ4n) is 1.50. The zero-order valence-corrected chi connectivity index (χ0v) is 10.6. The van der Waals surface area contributed by atoms with Gasteiger partial charge in [-0.15, -0.1) is 0 Å². The summed E-state index contributed by atoms with van der Waals surface area (Å²) < 4.78 is 1.53. The second kappa shape index (κ2) is 5.99. The molecule has 0 radical (unpaired) electrons. The predicted molar refractivity (Wildman–Crippen MR) is 62.7 cm³/mol. The average molecular weight is 255 g/mol. The van der Waals surface area contributed by atoms with Crippen LogP contribution in [0.3, 0.4) is 0 Å². The largest absolute Gasteiger partial charge is 0.480 e. The van der Waals surface area contributed by atoms with Crippen molar-refractivity contribution >= 4 is 12.0 Å². The number of hydrogen-bond acceptors (Lipinski definition) is 4. The van der Waals surface area contributed by atoms with Crippen molar-refractivity contribution in [1.29, 1.82) is 0 Å². The van der Waals surface area contributed by atoms with Crippen molar-refractivity contribution in [1.82, 2.24) is 25.0 Å². The molecule has 1 atom stereocenters. The first-order valence-electron chi connectivity index (χ1n) is 5.53. The molecule has 1 heterocycles. The Labute approximate surface area is 105 Å². The van der Waals surface area contributed by atoms with Crippen LogP contribution in [-0.4, -0.2) is 49.9 Å². The van der Waals surface area contributed by atoms with Crippen LogP contribution in [0.5, 0.6) is 0 Å². The monoisotopic (exact) mass is 255 g/mol. The standard InChI is InChI=1S/C10H17N5O3/c1-4-7(9(16)17)15(3)10(18)11-5-8-12-6-14(2)13-8/h6-7H,4-5H2,1-3H3,(H,11,18)(H,16,17). The van der Waals surface area contributed by atoms with Crippen LogP contribution in [0.2, 0.25) is 0 Å². The molecular formula is C10H17N5O3. The molecule has 0 bridgehead atoms. The molecule has 100 valence electrons. The van der Waals surface area contributed by atoms with Crippen LogP contribution in [-0.2, 0) is 18.4 Å². The van der Waals surface area contributed by atoms with E-state index in [9.17, 15) is 9.59 Å². The molecule has 8 heteroatoms. The number of carboxylic acid groups (broad SMARTS) is 1. The topological polar surface area (TPSA) is 100 Å². The first kappa shape index (κ1) is 13.9. The smallest absolute Gasteiger partial charge is 0.326 e. The highest BCUT2D eigenvalue weighted by Gasteiger charge is 2.24. The number of aryl methyl sites for hydroxylation is 1. The summed E-state index contributed by atoms with van der Waals surface area (Å²) in [5, 5.41) is 15.5. The molecule has 0 aliphatic rings. The van der Waals surface area contributed by atoms with Crippen molar-refractivity contribution in [2.45, 2.75) is 25.9 Å². The Hall–Kier alpha value is -2.12. The number of carbonyl (C=O) groups is 2. The molecule has 8 nitrogen and oxygen atoms in total. The van der Waals surface area contributed by atoms with E-state index >= 15 is 0 Å². The minimum absolute atomic E-state index is 0.167. The minimum Gasteiger partial charge on any atom is -0.480 e. The number of aromatic nitrogens is 3. The highest BCUT2D eigenvalue weighted by atomic mass is 16.4. The summed E-state index contributed by atoms with van der Waals surface area (Å²) in [5.41, 5.74) is 0. The number of aliphatic carboxylic acids is 1. The molecule has 1 aromatic heterocycles. The van der Waals surface area contributed by atoms with Crippen LogP contribution in [0, 0.1) is 0 Å². The Kier molecular flexibility index (Phi) is 4.64. The number of likely N-dealkylation sites (N-methyl/N-ethyl adjacent to an activating group) is 1. The molecular weight excluding hydrogens is 238 g/mol. The van der Waals surface area contributed by atoms with Crippen LogP contribution in [0.25, 0.3) is 0 Å². The van der Waals surface area contributed by atoms with Crippen LogP contribution in [0.1, 0.15) is 19.2 Å². The Morgan fingerprint density at radius 1 is 1.61 bits per heavy atom. The van der Waals surface area contributed by atoms with Gasteiger partial charge in [0, 0.05) is 14.1 Å². The predicted octanol–water partition coefficient (Wildman–Crippen LogP) is -0.180. The van der Waals surface area contributed by atoms with Crippen LogP contribution >= 0.6 is 0 Å². The summed E-state index contributed by atoms with van der Waals surface area (Å²) in [5.74, 6) is -0.547. The third-order valence-corrected chi connectivity index (χ3v) is 2.50. The van der Waals surface area contributed by atoms with Gasteiger partial charge in [-0.3, -0.25) is 4.68 Å². The molecule has 1 unspecified atom stereocenters. The molecule has 1 aromatic rings. The fraction of sp³-hybridized carbons (Fsp3) is 0.600. The maximum atomic E-state index is 11.7. The molecule has 0 aromatic carbocycles. The summed E-state index contributed by atoms with van der Waals surface area (Å²) >= 11 is 0. The van der Waals surface area contributed by atoms with E-state index in [1.165, 1.54) is 18.1 Å². The minimum atomic E-state index is -1.02. The first-order valence-corrected chi connectivity index (χ1v) is 5.53. The second-order valence-electron chi connectivity index (χ2n) is 3.87. The first-order chi connectivity index (χ1) is 8.45. The molecule has 0 spiro atoms. The van der Waals surface area contributed by atoms with Gasteiger partial charge < -0.3 is 15.3 Å². The van der Waals surface area contributed by atoms with Gasteiger partial charge in [-0.2, -0.15) is 5.10 Å². The van der Waals surface area contributed by atoms with Gasteiger partial charge in [-0.25, -0.2) is 14.6 Å². The Morgan fingerprint density at radius 3 is 2.72 bits per heavy atom. The van der Waals surface area contributed by atoms with Gasteiger partial charge in [0.05, 0.1) is 6.54 Å². The van der Waals surface area contributed by atoms with Gasteiger partial charge in [0.15, 0.2) is 5.82 Å². The maximum absolute atomic E-state index is 11.7. The summed E-state index contributed by atoms with van der Waals surface area (Å²) in [6, 6.07) is -1.29. The quantitative estimate of drug-likeness (QED) is 0.760. The maximum Gasteiger partial charge on any atom is 0.326 e. The van der Waals surface area contributed by atoms with Gasteiger partial charge in [0.1, 0.15) is 12.4 Å². The average Bonchev–Trinajstić information content (AvgIpc) is 2.72. The number of carbonyl (C=O) groups excluding carboxylic acids is 1. The molecule has 0 aliphatic heterocycles. The third-order valence-electron chi connectivity index (χ3n) is 2.50. The van der Waals surface area contributed by atoms with E-state index in [4.69, 9.17) is 5.11 Å². The second-order valence-corrected chi connectivity index (χ2v) is 3.87. The molecule has 0 saturated carbocycles. The summed E-state index contributed by atoms with van der Waals surface area (Å²) in [6.07, 6.45) is 1.87. The summed E-state index contributed by atoms with van der Waals surface area (Å²) in [4.78, 5) is 27.7. The number of hydrogen-bond donors (Lipinski definition) is 2.